The summed E-state index contributed by atoms with van der Waals surface area (Å²) < 4.78 is 0. The molecule has 3 rings (SSSR count). The lowest BCUT2D eigenvalue weighted by Gasteiger charge is -2.11. The van der Waals surface area contributed by atoms with Gasteiger partial charge in [0.25, 0.3) is 0 Å². The minimum atomic E-state index is 0.856. The number of anilines is 1. The molecule has 0 saturated heterocycles. The van der Waals surface area contributed by atoms with Crippen LogP contribution in [-0.2, 0) is 0 Å². The first-order valence-electron chi connectivity index (χ1n) is 6.90. The Morgan fingerprint density at radius 3 is 2.14 bits per heavy atom. The maximum absolute atomic E-state index is 4.33. The number of nitrogens with zero attached hydrogens (tertiary/aromatic N) is 3. The van der Waals surface area contributed by atoms with E-state index in [9.17, 15) is 0 Å². The molecule has 0 aliphatic carbocycles. The van der Waals surface area contributed by atoms with Gasteiger partial charge in [-0.15, -0.1) is 0 Å². The van der Waals surface area contributed by atoms with Gasteiger partial charge >= 0.3 is 0 Å². The fourth-order valence-corrected chi connectivity index (χ4v) is 2.19. The van der Waals surface area contributed by atoms with E-state index in [2.05, 4.69) is 45.5 Å². The molecule has 104 valence electrons. The Bertz CT molecular complexity index is 791. The van der Waals surface area contributed by atoms with Crippen molar-refractivity contribution >= 4 is 27.8 Å². The Morgan fingerprint density at radius 1 is 0.667 bits per heavy atom. The van der Waals surface area contributed by atoms with Crippen LogP contribution in [0.4, 0.5) is 17.1 Å². The summed E-state index contributed by atoms with van der Waals surface area (Å²) in [4.78, 5) is 2.05. The summed E-state index contributed by atoms with van der Waals surface area (Å²) in [7, 11) is 4.03. The molecular weight excluding hydrogens is 258 g/mol. The van der Waals surface area contributed by atoms with Gasteiger partial charge in [-0.2, -0.15) is 10.2 Å². The van der Waals surface area contributed by atoms with Crippen molar-refractivity contribution in [3.63, 3.8) is 0 Å². The highest BCUT2D eigenvalue weighted by molar-refractivity contribution is 5.85. The minimum Gasteiger partial charge on any atom is -0.378 e. The van der Waals surface area contributed by atoms with E-state index in [4.69, 9.17) is 0 Å². The lowest BCUT2D eigenvalue weighted by molar-refractivity contribution is 1.13. The molecule has 0 N–H and O–H groups in total. The van der Waals surface area contributed by atoms with Crippen LogP contribution in [0.3, 0.4) is 0 Å². The molecule has 0 atom stereocenters. The van der Waals surface area contributed by atoms with Crippen LogP contribution in [0, 0.1) is 0 Å². The van der Waals surface area contributed by atoms with Crippen LogP contribution in [-0.4, -0.2) is 14.1 Å². The molecule has 0 spiro atoms. The molecule has 0 aliphatic heterocycles. The van der Waals surface area contributed by atoms with E-state index in [0.29, 0.717) is 0 Å². The van der Waals surface area contributed by atoms with E-state index < -0.39 is 0 Å². The van der Waals surface area contributed by atoms with Gasteiger partial charge in [0.1, 0.15) is 0 Å². The summed E-state index contributed by atoms with van der Waals surface area (Å²) in [5.74, 6) is 0. The van der Waals surface area contributed by atoms with Crippen LogP contribution < -0.4 is 4.90 Å². The van der Waals surface area contributed by atoms with Crippen molar-refractivity contribution in [2.24, 2.45) is 10.2 Å². The SMILES string of the molecule is CN(C)c1cccc(N=Nc2ccc3ccccc3c2)c1. The second kappa shape index (κ2) is 5.75. The van der Waals surface area contributed by atoms with E-state index in [1.54, 1.807) is 0 Å². The molecule has 0 unspecified atom stereocenters. The van der Waals surface area contributed by atoms with Crippen LogP contribution in [0.2, 0.25) is 0 Å². The number of azo groups is 1. The third-order valence-corrected chi connectivity index (χ3v) is 3.36. The third kappa shape index (κ3) is 3.08. The van der Waals surface area contributed by atoms with Crippen molar-refractivity contribution in [2.45, 2.75) is 0 Å². The molecule has 0 fully saturated rings. The quantitative estimate of drug-likeness (QED) is 0.594. The largest absolute Gasteiger partial charge is 0.378 e. The highest BCUT2D eigenvalue weighted by Gasteiger charge is 1.97. The molecule has 0 heterocycles. The number of rotatable bonds is 3. The van der Waals surface area contributed by atoms with Crippen LogP contribution in [0.1, 0.15) is 0 Å². The van der Waals surface area contributed by atoms with E-state index in [0.717, 1.165) is 17.1 Å². The first-order chi connectivity index (χ1) is 10.2. The molecule has 3 aromatic rings. The zero-order valence-corrected chi connectivity index (χ0v) is 12.2. The summed E-state index contributed by atoms with van der Waals surface area (Å²) in [6.07, 6.45) is 0. The predicted octanol–water partition coefficient (Wildman–Crippen LogP) is 5.32. The molecule has 3 aromatic carbocycles. The van der Waals surface area contributed by atoms with Gasteiger partial charge in [-0.1, -0.05) is 36.4 Å². The fourth-order valence-electron chi connectivity index (χ4n) is 2.19. The predicted molar refractivity (Wildman–Crippen MR) is 88.9 cm³/mol. The number of hydrogen-bond donors (Lipinski definition) is 0. The zero-order chi connectivity index (χ0) is 14.7. The van der Waals surface area contributed by atoms with Crippen molar-refractivity contribution in [2.75, 3.05) is 19.0 Å². The van der Waals surface area contributed by atoms with Crippen LogP contribution >= 0.6 is 0 Å². The van der Waals surface area contributed by atoms with Crippen LogP contribution in [0.5, 0.6) is 0 Å². The monoisotopic (exact) mass is 275 g/mol. The Labute approximate surface area is 124 Å². The Kier molecular flexibility index (Phi) is 3.65. The van der Waals surface area contributed by atoms with E-state index in [-0.39, 0.29) is 0 Å². The molecule has 0 aliphatic rings. The van der Waals surface area contributed by atoms with Gasteiger partial charge in [0, 0.05) is 19.8 Å². The van der Waals surface area contributed by atoms with Crippen LogP contribution in [0.15, 0.2) is 77.0 Å². The average molecular weight is 275 g/mol. The van der Waals surface area contributed by atoms with Gasteiger partial charge in [-0.25, -0.2) is 0 Å². The Morgan fingerprint density at radius 2 is 1.38 bits per heavy atom. The minimum absolute atomic E-state index is 0.856. The van der Waals surface area contributed by atoms with Gasteiger partial charge in [0.2, 0.25) is 0 Å². The van der Waals surface area contributed by atoms with Crippen molar-refractivity contribution in [3.05, 3.63) is 66.7 Å². The Hall–Kier alpha value is -2.68. The van der Waals surface area contributed by atoms with E-state index >= 15 is 0 Å². The molecule has 0 saturated carbocycles. The van der Waals surface area contributed by atoms with Crippen LogP contribution in [0.25, 0.3) is 10.8 Å². The first-order valence-corrected chi connectivity index (χ1v) is 6.90. The van der Waals surface area contributed by atoms with Gasteiger partial charge in [-0.3, -0.25) is 0 Å². The normalized spacial score (nSPS) is 11.1. The zero-order valence-electron chi connectivity index (χ0n) is 12.2. The second-order valence-corrected chi connectivity index (χ2v) is 5.15. The topological polar surface area (TPSA) is 28.0 Å². The van der Waals surface area contributed by atoms with Crippen molar-refractivity contribution in [3.8, 4) is 0 Å². The van der Waals surface area contributed by atoms with E-state index in [1.165, 1.54) is 10.8 Å². The number of benzene rings is 3. The number of fused-ring (bicyclic) bond motifs is 1. The van der Waals surface area contributed by atoms with Crippen molar-refractivity contribution in [1.29, 1.82) is 0 Å². The third-order valence-electron chi connectivity index (χ3n) is 3.36. The standard InChI is InChI=1S/C18H17N3/c1-21(2)18-9-5-8-16(13-18)19-20-17-11-10-14-6-3-4-7-15(14)12-17/h3-13H,1-2H3. The first kappa shape index (κ1) is 13.3. The van der Waals surface area contributed by atoms with E-state index in [1.807, 2.05) is 50.5 Å². The van der Waals surface area contributed by atoms with Crippen molar-refractivity contribution < 1.29 is 0 Å². The number of hydrogen-bond acceptors (Lipinski definition) is 3. The second-order valence-electron chi connectivity index (χ2n) is 5.15. The summed E-state index contributed by atoms with van der Waals surface area (Å²) in [5.41, 5.74) is 2.84. The molecule has 0 amide bonds. The molecule has 0 bridgehead atoms. The van der Waals surface area contributed by atoms with Crippen molar-refractivity contribution in [1.82, 2.24) is 0 Å². The lowest BCUT2D eigenvalue weighted by atomic mass is 10.1. The van der Waals surface area contributed by atoms with Gasteiger partial charge in [0.05, 0.1) is 11.4 Å². The highest BCUT2D eigenvalue weighted by atomic mass is 15.1. The van der Waals surface area contributed by atoms with Gasteiger partial charge < -0.3 is 4.90 Å². The fraction of sp³-hybridized carbons (Fsp3) is 0.111. The Balaban J connectivity index is 1.88. The summed E-state index contributed by atoms with van der Waals surface area (Å²) >= 11 is 0. The lowest BCUT2D eigenvalue weighted by Crippen LogP contribution is -2.07. The molecule has 0 aromatic heterocycles. The molecule has 3 nitrogen and oxygen atoms in total. The molecule has 21 heavy (non-hydrogen) atoms. The molecule has 0 radical (unpaired) electrons. The molecular formula is C18H17N3. The maximum atomic E-state index is 4.33. The summed E-state index contributed by atoms with van der Waals surface area (Å²) in [6.45, 7) is 0. The smallest absolute Gasteiger partial charge is 0.0877 e. The summed E-state index contributed by atoms with van der Waals surface area (Å²) in [6, 6.07) is 22.4. The average Bonchev–Trinajstić information content (AvgIpc) is 2.53. The summed E-state index contributed by atoms with van der Waals surface area (Å²) in [5, 5.41) is 11.0. The molecule has 3 heteroatoms. The van der Waals surface area contributed by atoms with Gasteiger partial charge in [0.15, 0.2) is 0 Å². The van der Waals surface area contributed by atoms with Gasteiger partial charge in [-0.05, 0) is 41.1 Å². The maximum Gasteiger partial charge on any atom is 0.0877 e. The highest BCUT2D eigenvalue weighted by Crippen LogP contribution is 2.25.